The quantitative estimate of drug-likeness (QED) is 0.592. The molecule has 1 saturated carbocycles. The summed E-state index contributed by atoms with van der Waals surface area (Å²) in [6, 6.07) is 11.3. The number of carbonyl (C=O) groups excluding carboxylic acids is 1. The first-order valence-corrected chi connectivity index (χ1v) is 10.0. The van der Waals surface area contributed by atoms with Crippen LogP contribution in [0.15, 0.2) is 48.8 Å². The number of esters is 1. The van der Waals surface area contributed by atoms with Gasteiger partial charge < -0.3 is 15.4 Å². The smallest absolute Gasteiger partial charge is 0.338 e. The normalized spacial score (nSPS) is 21.7. The molecular weight excluding hydrogens is 370 g/mol. The average molecular weight is 398 g/mol. The second-order valence-electron chi connectivity index (χ2n) is 7.56. The number of benzene rings is 1. The van der Waals surface area contributed by atoms with Gasteiger partial charge in [-0.15, -0.1) is 0 Å². The summed E-state index contributed by atoms with van der Waals surface area (Å²) >= 11 is 5.50. The highest BCUT2D eigenvalue weighted by molar-refractivity contribution is 7.80. The van der Waals surface area contributed by atoms with Crippen molar-refractivity contribution in [2.75, 3.05) is 25.6 Å². The number of nitrogens with zero attached hydrogens (tertiary/aromatic N) is 2. The van der Waals surface area contributed by atoms with Crippen LogP contribution < -0.4 is 10.6 Å². The van der Waals surface area contributed by atoms with Crippen LogP contribution in [0, 0.1) is 5.92 Å². The van der Waals surface area contributed by atoms with Gasteiger partial charge in [-0.2, -0.15) is 0 Å². The van der Waals surface area contributed by atoms with E-state index < -0.39 is 5.41 Å². The van der Waals surface area contributed by atoms with Gasteiger partial charge in [0, 0.05) is 38.1 Å². The van der Waals surface area contributed by atoms with Crippen LogP contribution in [-0.2, 0) is 10.2 Å². The molecule has 1 aliphatic carbocycles. The number of carbonyl (C=O) groups is 1. The summed E-state index contributed by atoms with van der Waals surface area (Å²) in [5, 5.41) is 0. The van der Waals surface area contributed by atoms with Gasteiger partial charge in [-0.05, 0) is 48.7 Å². The lowest BCUT2D eigenvalue weighted by Crippen LogP contribution is -2.50. The highest BCUT2D eigenvalue weighted by Crippen LogP contribution is 2.44. The van der Waals surface area contributed by atoms with Crippen LogP contribution in [0.4, 0.5) is 5.69 Å². The highest BCUT2D eigenvalue weighted by Gasteiger charge is 2.45. The van der Waals surface area contributed by atoms with E-state index in [4.69, 9.17) is 22.7 Å². The van der Waals surface area contributed by atoms with E-state index in [1.54, 1.807) is 18.3 Å². The summed E-state index contributed by atoms with van der Waals surface area (Å²) in [5.41, 5.74) is 8.36. The molecule has 0 saturated heterocycles. The van der Waals surface area contributed by atoms with Gasteiger partial charge in [0.05, 0.1) is 22.6 Å². The molecule has 1 aliphatic rings. The van der Waals surface area contributed by atoms with E-state index in [0.29, 0.717) is 17.2 Å². The molecule has 6 heteroatoms. The van der Waals surface area contributed by atoms with E-state index in [0.717, 1.165) is 36.9 Å². The van der Waals surface area contributed by atoms with Gasteiger partial charge in [0.15, 0.2) is 0 Å². The summed E-state index contributed by atoms with van der Waals surface area (Å²) in [4.78, 5) is 19.3. The van der Waals surface area contributed by atoms with Crippen molar-refractivity contribution in [3.8, 4) is 0 Å². The van der Waals surface area contributed by atoms with Crippen molar-refractivity contribution in [2.45, 2.75) is 31.1 Å². The molecule has 148 valence electrons. The van der Waals surface area contributed by atoms with Gasteiger partial charge in [-0.25, -0.2) is 4.79 Å². The summed E-state index contributed by atoms with van der Waals surface area (Å²) in [7, 11) is 3.92. The molecule has 3 rings (SSSR count). The van der Waals surface area contributed by atoms with Crippen LogP contribution in [0.5, 0.6) is 0 Å². The fourth-order valence-electron chi connectivity index (χ4n) is 4.10. The Bertz CT molecular complexity index is 823. The lowest BCUT2D eigenvalue weighted by atomic mass is 9.63. The molecule has 2 unspecified atom stereocenters. The number of anilines is 1. The Hall–Kier alpha value is -2.47. The van der Waals surface area contributed by atoms with Crippen molar-refractivity contribution in [2.24, 2.45) is 11.7 Å². The van der Waals surface area contributed by atoms with Crippen molar-refractivity contribution >= 4 is 28.9 Å². The van der Waals surface area contributed by atoms with Gasteiger partial charge in [0.1, 0.15) is 0 Å². The number of hydrogen-bond donors (Lipinski definition) is 1. The predicted molar refractivity (Wildman–Crippen MR) is 116 cm³/mol. The number of thiocarbonyl (C=S) groups is 1. The van der Waals surface area contributed by atoms with Crippen molar-refractivity contribution in [1.82, 2.24) is 4.98 Å². The van der Waals surface area contributed by atoms with E-state index in [1.807, 2.05) is 49.5 Å². The van der Waals surface area contributed by atoms with Crippen LogP contribution in [0.25, 0.3) is 0 Å². The van der Waals surface area contributed by atoms with Crippen molar-refractivity contribution < 1.29 is 9.53 Å². The summed E-state index contributed by atoms with van der Waals surface area (Å²) < 4.78 is 5.71. The maximum Gasteiger partial charge on any atom is 0.338 e. The fraction of sp³-hybridized carbons (Fsp3) is 0.409. The number of rotatable bonds is 6. The maximum atomic E-state index is 12.6. The van der Waals surface area contributed by atoms with E-state index >= 15 is 0 Å². The molecular formula is C22H27N3O2S. The van der Waals surface area contributed by atoms with E-state index in [2.05, 4.69) is 4.98 Å². The molecule has 2 atom stereocenters. The molecule has 0 bridgehead atoms. The molecule has 1 aromatic carbocycles. The molecule has 5 nitrogen and oxygen atoms in total. The molecule has 1 heterocycles. The standard InChI is InChI=1S/C22H27N3O2S/c1-25(2)19-10-8-16(9-11-19)20(26)27-15-18-6-3-4-12-22(18,21(23)28)17-7-5-13-24-14-17/h5,7-11,13-14,18H,3-4,6,12,15H2,1-2H3,(H2,23,28). The zero-order valence-electron chi connectivity index (χ0n) is 16.4. The van der Waals surface area contributed by atoms with E-state index in [1.165, 1.54) is 0 Å². The SMILES string of the molecule is CN(C)c1ccc(C(=O)OCC2CCCCC2(C(N)=S)c2cccnc2)cc1. The van der Waals surface area contributed by atoms with Gasteiger partial charge in [-0.1, -0.05) is 31.1 Å². The first-order chi connectivity index (χ1) is 13.4. The van der Waals surface area contributed by atoms with Crippen LogP contribution in [-0.4, -0.2) is 36.6 Å². The minimum atomic E-state index is -0.475. The largest absolute Gasteiger partial charge is 0.462 e. The van der Waals surface area contributed by atoms with Crippen LogP contribution in [0.2, 0.25) is 0 Å². The fourth-order valence-corrected chi connectivity index (χ4v) is 4.49. The third kappa shape index (κ3) is 4.02. The molecule has 28 heavy (non-hydrogen) atoms. The lowest BCUT2D eigenvalue weighted by molar-refractivity contribution is 0.0354. The molecule has 0 amide bonds. The molecule has 1 aromatic heterocycles. The Morgan fingerprint density at radius 1 is 1.29 bits per heavy atom. The maximum absolute atomic E-state index is 12.6. The van der Waals surface area contributed by atoms with Crippen molar-refractivity contribution in [1.29, 1.82) is 0 Å². The molecule has 0 spiro atoms. The van der Waals surface area contributed by atoms with Gasteiger partial charge in [-0.3, -0.25) is 4.98 Å². The lowest BCUT2D eigenvalue weighted by Gasteiger charge is -2.43. The van der Waals surface area contributed by atoms with Gasteiger partial charge >= 0.3 is 5.97 Å². The topological polar surface area (TPSA) is 68.5 Å². The number of aromatic nitrogens is 1. The zero-order chi connectivity index (χ0) is 20.1. The third-order valence-electron chi connectivity index (χ3n) is 5.72. The summed E-state index contributed by atoms with van der Waals surface area (Å²) in [5.74, 6) is -0.271. The second kappa shape index (κ2) is 8.69. The van der Waals surface area contributed by atoms with Gasteiger partial charge in [0.2, 0.25) is 0 Å². The first kappa shape index (κ1) is 20.3. The van der Waals surface area contributed by atoms with Crippen LogP contribution >= 0.6 is 12.2 Å². The number of hydrogen-bond acceptors (Lipinski definition) is 5. The Kier molecular flexibility index (Phi) is 6.29. The monoisotopic (exact) mass is 397 g/mol. The molecule has 2 N–H and O–H groups in total. The van der Waals surface area contributed by atoms with Crippen LogP contribution in [0.3, 0.4) is 0 Å². The number of pyridine rings is 1. The van der Waals surface area contributed by atoms with E-state index in [-0.39, 0.29) is 11.9 Å². The number of ether oxygens (including phenoxy) is 1. The van der Waals surface area contributed by atoms with Gasteiger partial charge in [0.25, 0.3) is 0 Å². The average Bonchev–Trinajstić information content (AvgIpc) is 2.72. The Morgan fingerprint density at radius 3 is 2.64 bits per heavy atom. The second-order valence-corrected chi connectivity index (χ2v) is 8.00. The molecule has 0 radical (unpaired) electrons. The minimum Gasteiger partial charge on any atom is -0.462 e. The first-order valence-electron chi connectivity index (χ1n) is 9.60. The summed E-state index contributed by atoms with van der Waals surface area (Å²) in [6.45, 7) is 0.292. The molecule has 0 aliphatic heterocycles. The highest BCUT2D eigenvalue weighted by atomic mass is 32.1. The van der Waals surface area contributed by atoms with Crippen LogP contribution in [0.1, 0.15) is 41.6 Å². The number of nitrogens with two attached hydrogens (primary N) is 1. The Balaban J connectivity index is 1.77. The zero-order valence-corrected chi connectivity index (χ0v) is 17.2. The van der Waals surface area contributed by atoms with E-state index in [9.17, 15) is 4.79 Å². The Morgan fingerprint density at radius 2 is 2.04 bits per heavy atom. The van der Waals surface area contributed by atoms with Crippen molar-refractivity contribution in [3.63, 3.8) is 0 Å². The minimum absolute atomic E-state index is 0.0490. The van der Waals surface area contributed by atoms with Crippen molar-refractivity contribution in [3.05, 3.63) is 59.9 Å². The molecule has 2 aromatic rings. The predicted octanol–water partition coefficient (Wildman–Crippen LogP) is 3.72. The summed E-state index contributed by atoms with van der Waals surface area (Å²) in [6.07, 6.45) is 7.46. The Labute approximate surface area is 171 Å². The molecule has 1 fully saturated rings. The third-order valence-corrected chi connectivity index (χ3v) is 6.09.